The standard InChI is InChI=1S/C29H26F2N6O2S/c1-38-29-24(35-40-25-7-6-21(30)15-23(25)31)14-20(16-33-29)19-5-8-26-34-28(32)27(37(26)17-19)18-3-2-4-22(13-18)36-9-11-39-12-10-36/h2-8,13-17,35H,9-12,32H2,1H3. The number of halogens is 2. The molecule has 1 aliphatic rings. The number of morpholine rings is 1. The summed E-state index contributed by atoms with van der Waals surface area (Å²) in [5.74, 6) is -0.517. The molecular weight excluding hydrogens is 534 g/mol. The smallest absolute Gasteiger partial charge is 0.237 e. The summed E-state index contributed by atoms with van der Waals surface area (Å²) in [7, 11) is 1.51. The predicted octanol–water partition coefficient (Wildman–Crippen LogP) is 5.89. The van der Waals surface area contributed by atoms with Gasteiger partial charge >= 0.3 is 0 Å². The van der Waals surface area contributed by atoms with E-state index in [0.29, 0.717) is 30.6 Å². The monoisotopic (exact) mass is 560 g/mol. The Morgan fingerprint density at radius 2 is 1.85 bits per heavy atom. The number of aromatic nitrogens is 3. The number of nitrogens with two attached hydrogens (primary N) is 1. The molecule has 11 heteroatoms. The van der Waals surface area contributed by atoms with Crippen LogP contribution in [-0.2, 0) is 4.74 Å². The van der Waals surface area contributed by atoms with Gasteiger partial charge in [-0.05, 0) is 54.4 Å². The molecule has 2 aromatic carbocycles. The first kappa shape index (κ1) is 25.9. The Hall–Kier alpha value is -4.35. The van der Waals surface area contributed by atoms with Gasteiger partial charge in [-0.1, -0.05) is 12.1 Å². The summed E-state index contributed by atoms with van der Waals surface area (Å²) >= 11 is 1.01. The zero-order valence-corrected chi connectivity index (χ0v) is 22.4. The second kappa shape index (κ2) is 11.0. The zero-order valence-electron chi connectivity index (χ0n) is 21.6. The van der Waals surface area contributed by atoms with Crippen LogP contribution in [0.4, 0.5) is 26.0 Å². The van der Waals surface area contributed by atoms with E-state index in [2.05, 4.69) is 31.7 Å². The average molecular weight is 561 g/mol. The Balaban J connectivity index is 1.34. The van der Waals surface area contributed by atoms with Crippen molar-refractivity contribution in [2.45, 2.75) is 4.90 Å². The van der Waals surface area contributed by atoms with Crippen molar-refractivity contribution >= 4 is 34.8 Å². The Bertz CT molecular complexity index is 1690. The van der Waals surface area contributed by atoms with Crippen LogP contribution in [0.15, 0.2) is 78.0 Å². The minimum atomic E-state index is -0.658. The van der Waals surface area contributed by atoms with Crippen LogP contribution in [0.5, 0.6) is 5.88 Å². The Kier molecular flexibility index (Phi) is 7.14. The highest BCUT2D eigenvalue weighted by Crippen LogP contribution is 2.35. The van der Waals surface area contributed by atoms with Gasteiger partial charge in [0.25, 0.3) is 0 Å². The van der Waals surface area contributed by atoms with E-state index in [9.17, 15) is 8.78 Å². The van der Waals surface area contributed by atoms with Gasteiger partial charge in [-0.15, -0.1) is 0 Å². The van der Waals surface area contributed by atoms with Crippen LogP contribution < -0.4 is 20.1 Å². The quantitative estimate of drug-likeness (QED) is 0.238. The van der Waals surface area contributed by atoms with Crippen molar-refractivity contribution in [3.05, 3.63) is 84.7 Å². The van der Waals surface area contributed by atoms with Crippen molar-refractivity contribution in [1.82, 2.24) is 14.4 Å². The van der Waals surface area contributed by atoms with E-state index in [4.69, 9.17) is 15.2 Å². The first-order chi connectivity index (χ1) is 19.5. The maximum atomic E-state index is 14.2. The first-order valence-electron chi connectivity index (χ1n) is 12.6. The topological polar surface area (TPSA) is 89.9 Å². The summed E-state index contributed by atoms with van der Waals surface area (Å²) < 4.78 is 43.4. The second-order valence-corrected chi connectivity index (χ2v) is 10.0. The largest absolute Gasteiger partial charge is 0.480 e. The summed E-state index contributed by atoms with van der Waals surface area (Å²) in [6, 6.07) is 17.4. The molecule has 0 saturated carbocycles. The molecule has 0 radical (unpaired) electrons. The van der Waals surface area contributed by atoms with Crippen molar-refractivity contribution in [2.75, 3.05) is 48.8 Å². The number of nitrogen functional groups attached to an aromatic ring is 1. The number of ether oxygens (including phenoxy) is 2. The molecule has 0 spiro atoms. The molecule has 3 aromatic heterocycles. The number of anilines is 3. The summed E-state index contributed by atoms with van der Waals surface area (Å²) in [6.45, 7) is 3.08. The van der Waals surface area contributed by atoms with E-state index in [1.807, 2.05) is 40.9 Å². The molecule has 1 aliphatic heterocycles. The van der Waals surface area contributed by atoms with Gasteiger partial charge < -0.3 is 24.8 Å². The molecule has 1 saturated heterocycles. The van der Waals surface area contributed by atoms with Gasteiger partial charge in [-0.25, -0.2) is 18.7 Å². The number of rotatable bonds is 7. The lowest BCUT2D eigenvalue weighted by Gasteiger charge is -2.29. The Labute approximate surface area is 233 Å². The first-order valence-corrected chi connectivity index (χ1v) is 13.4. The fourth-order valence-electron chi connectivity index (χ4n) is 4.71. The SMILES string of the molecule is COc1ncc(-c2ccc3nc(N)c(-c4cccc(N5CCOCC5)c4)n3c2)cc1NSc1ccc(F)cc1F. The highest BCUT2D eigenvalue weighted by Gasteiger charge is 2.17. The van der Waals surface area contributed by atoms with Crippen LogP contribution in [0, 0.1) is 11.6 Å². The molecule has 4 heterocycles. The molecule has 8 nitrogen and oxygen atoms in total. The fourth-order valence-corrected chi connectivity index (χ4v) is 5.36. The van der Waals surface area contributed by atoms with Crippen molar-refractivity contribution in [2.24, 2.45) is 0 Å². The minimum absolute atomic E-state index is 0.244. The number of pyridine rings is 2. The molecule has 0 unspecified atom stereocenters. The van der Waals surface area contributed by atoms with E-state index in [1.165, 1.54) is 19.2 Å². The van der Waals surface area contributed by atoms with Crippen LogP contribution in [0.3, 0.4) is 0 Å². The minimum Gasteiger partial charge on any atom is -0.480 e. The number of hydrogen-bond acceptors (Lipinski definition) is 8. The van der Waals surface area contributed by atoms with Crippen LogP contribution in [-0.4, -0.2) is 47.8 Å². The number of hydrogen-bond donors (Lipinski definition) is 2. The average Bonchev–Trinajstić information content (AvgIpc) is 3.32. The van der Waals surface area contributed by atoms with Gasteiger partial charge in [0.2, 0.25) is 5.88 Å². The predicted molar refractivity (Wildman–Crippen MR) is 154 cm³/mol. The van der Waals surface area contributed by atoms with Crippen molar-refractivity contribution in [1.29, 1.82) is 0 Å². The number of fused-ring (bicyclic) bond motifs is 1. The maximum absolute atomic E-state index is 14.2. The van der Waals surface area contributed by atoms with Gasteiger partial charge in [-0.2, -0.15) is 0 Å². The Morgan fingerprint density at radius 1 is 1.00 bits per heavy atom. The molecule has 0 atom stereocenters. The maximum Gasteiger partial charge on any atom is 0.237 e. The summed E-state index contributed by atoms with van der Waals surface area (Å²) in [4.78, 5) is 11.6. The molecule has 204 valence electrons. The molecule has 0 aliphatic carbocycles. The number of nitrogens with zero attached hydrogens (tertiary/aromatic N) is 4. The van der Waals surface area contributed by atoms with E-state index in [-0.39, 0.29) is 4.90 Å². The van der Waals surface area contributed by atoms with Gasteiger partial charge in [0.15, 0.2) is 5.82 Å². The highest BCUT2D eigenvalue weighted by atomic mass is 32.2. The third-order valence-electron chi connectivity index (χ3n) is 6.68. The third kappa shape index (κ3) is 5.13. The Morgan fingerprint density at radius 3 is 2.65 bits per heavy atom. The molecule has 6 rings (SSSR count). The highest BCUT2D eigenvalue weighted by molar-refractivity contribution is 8.00. The molecule has 0 amide bonds. The molecule has 5 aromatic rings. The van der Waals surface area contributed by atoms with Gasteiger partial charge in [0.1, 0.15) is 23.0 Å². The van der Waals surface area contributed by atoms with E-state index >= 15 is 0 Å². The second-order valence-electron chi connectivity index (χ2n) is 9.20. The lowest BCUT2D eigenvalue weighted by Crippen LogP contribution is -2.36. The van der Waals surface area contributed by atoms with Crippen molar-refractivity contribution < 1.29 is 18.3 Å². The van der Waals surface area contributed by atoms with E-state index < -0.39 is 11.6 Å². The van der Waals surface area contributed by atoms with Gasteiger partial charge in [0, 0.05) is 53.9 Å². The van der Waals surface area contributed by atoms with Crippen LogP contribution in [0.2, 0.25) is 0 Å². The number of nitrogens with one attached hydrogen (secondary N) is 1. The normalized spacial score (nSPS) is 13.5. The number of methoxy groups -OCH3 is 1. The zero-order chi connectivity index (χ0) is 27.6. The molecule has 0 bridgehead atoms. The summed E-state index contributed by atoms with van der Waals surface area (Å²) in [6.07, 6.45) is 3.67. The van der Waals surface area contributed by atoms with Crippen molar-refractivity contribution in [3.8, 4) is 28.3 Å². The number of imidazole rings is 1. The van der Waals surface area contributed by atoms with Crippen molar-refractivity contribution in [3.63, 3.8) is 0 Å². The molecule has 40 heavy (non-hydrogen) atoms. The van der Waals surface area contributed by atoms with Crippen LogP contribution in [0.1, 0.15) is 0 Å². The van der Waals surface area contributed by atoms with E-state index in [0.717, 1.165) is 64.8 Å². The summed E-state index contributed by atoms with van der Waals surface area (Å²) in [5, 5.41) is 0. The third-order valence-corrected chi connectivity index (χ3v) is 7.56. The molecule has 3 N–H and O–H groups in total. The summed E-state index contributed by atoms with van der Waals surface area (Å²) in [5.41, 5.74) is 12.2. The fraction of sp³-hybridized carbons (Fsp3) is 0.172. The molecule has 1 fully saturated rings. The van der Waals surface area contributed by atoms with Gasteiger partial charge in [-0.3, -0.25) is 4.40 Å². The van der Waals surface area contributed by atoms with Crippen LogP contribution >= 0.6 is 11.9 Å². The lowest BCUT2D eigenvalue weighted by molar-refractivity contribution is 0.122. The lowest BCUT2D eigenvalue weighted by atomic mass is 10.1. The molecular formula is C29H26F2N6O2S. The van der Waals surface area contributed by atoms with E-state index in [1.54, 1.807) is 6.20 Å². The number of benzene rings is 2. The van der Waals surface area contributed by atoms with Gasteiger partial charge in [0.05, 0.1) is 30.9 Å². The van der Waals surface area contributed by atoms with Crippen LogP contribution in [0.25, 0.3) is 28.0 Å².